The maximum absolute atomic E-state index is 14.0. The molecule has 1 saturated carbocycles. The van der Waals surface area contributed by atoms with Crippen molar-refractivity contribution in [2.75, 3.05) is 53.0 Å². The molecule has 0 aromatic heterocycles. The number of halogens is 3. The highest BCUT2D eigenvalue weighted by Crippen LogP contribution is 2.48. The topological polar surface area (TPSA) is 40.1 Å². The third-order valence-electron chi connectivity index (χ3n) is 5.89. The van der Waals surface area contributed by atoms with Crippen LogP contribution >= 0.6 is 35.6 Å². The van der Waals surface area contributed by atoms with E-state index in [1.807, 2.05) is 14.0 Å². The lowest BCUT2D eigenvalue weighted by molar-refractivity contribution is 0.128. The Bertz CT molecular complexity index is 658. The zero-order chi connectivity index (χ0) is 20.0. The summed E-state index contributed by atoms with van der Waals surface area (Å²) >= 11 is 6.17. The van der Waals surface area contributed by atoms with Gasteiger partial charge in [-0.05, 0) is 43.7 Å². The van der Waals surface area contributed by atoms with Crippen molar-refractivity contribution in [3.63, 3.8) is 0 Å². The summed E-state index contributed by atoms with van der Waals surface area (Å²) < 4.78 is 19.6. The fraction of sp³-hybridized carbons (Fsp3) is 0.667. The number of guanidine groups is 1. The SMILES string of the molecule is CCOCCC1(CNC(=NC)N2CCN(Cc3c(F)cccc3Cl)CC2)CC1.I. The van der Waals surface area contributed by atoms with Crippen molar-refractivity contribution in [1.29, 1.82) is 0 Å². The molecule has 1 aliphatic carbocycles. The fourth-order valence-corrected chi connectivity index (χ4v) is 3.97. The largest absolute Gasteiger partial charge is 0.382 e. The number of hydrogen-bond acceptors (Lipinski definition) is 3. The van der Waals surface area contributed by atoms with Crippen molar-refractivity contribution in [2.45, 2.75) is 32.7 Å². The number of rotatable bonds is 8. The Hall–Kier alpha value is -0.640. The average Bonchev–Trinajstić information content (AvgIpc) is 3.47. The predicted octanol–water partition coefficient (Wildman–Crippen LogP) is 4.00. The molecule has 1 aromatic rings. The summed E-state index contributed by atoms with van der Waals surface area (Å²) in [6, 6.07) is 4.87. The molecule has 2 aliphatic rings. The Morgan fingerprint density at radius 3 is 2.59 bits per heavy atom. The van der Waals surface area contributed by atoms with Crippen molar-refractivity contribution in [1.82, 2.24) is 15.1 Å². The molecular formula is C21H33ClFIN4O. The lowest BCUT2D eigenvalue weighted by Crippen LogP contribution is -2.53. The minimum absolute atomic E-state index is 0. The van der Waals surface area contributed by atoms with E-state index in [1.54, 1.807) is 12.1 Å². The van der Waals surface area contributed by atoms with Gasteiger partial charge < -0.3 is 15.0 Å². The molecule has 0 atom stereocenters. The van der Waals surface area contributed by atoms with Crippen LogP contribution in [0.25, 0.3) is 0 Å². The summed E-state index contributed by atoms with van der Waals surface area (Å²) in [4.78, 5) is 9.02. The van der Waals surface area contributed by atoms with Crippen LogP contribution in [-0.2, 0) is 11.3 Å². The molecule has 8 heteroatoms. The van der Waals surface area contributed by atoms with E-state index in [0.29, 0.717) is 22.5 Å². The Morgan fingerprint density at radius 1 is 1.28 bits per heavy atom. The maximum atomic E-state index is 14.0. The minimum Gasteiger partial charge on any atom is -0.382 e. The van der Waals surface area contributed by atoms with Crippen LogP contribution in [0.4, 0.5) is 4.39 Å². The van der Waals surface area contributed by atoms with Gasteiger partial charge in [0.1, 0.15) is 5.82 Å². The van der Waals surface area contributed by atoms with Crippen LogP contribution in [0.15, 0.2) is 23.2 Å². The van der Waals surface area contributed by atoms with Gasteiger partial charge in [0.2, 0.25) is 0 Å². The van der Waals surface area contributed by atoms with Crippen LogP contribution in [0.5, 0.6) is 0 Å². The monoisotopic (exact) mass is 538 g/mol. The normalized spacial score (nSPS) is 19.0. The van der Waals surface area contributed by atoms with Gasteiger partial charge in [-0.25, -0.2) is 4.39 Å². The van der Waals surface area contributed by atoms with Gasteiger partial charge in [-0.1, -0.05) is 17.7 Å². The molecule has 0 radical (unpaired) electrons. The van der Waals surface area contributed by atoms with E-state index in [2.05, 4.69) is 20.1 Å². The summed E-state index contributed by atoms with van der Waals surface area (Å²) in [5.41, 5.74) is 0.972. The van der Waals surface area contributed by atoms with Crippen LogP contribution in [0.3, 0.4) is 0 Å². The molecule has 2 fully saturated rings. The molecule has 0 amide bonds. The molecular weight excluding hydrogens is 506 g/mol. The van der Waals surface area contributed by atoms with Crippen LogP contribution in [0, 0.1) is 11.2 Å². The van der Waals surface area contributed by atoms with Crippen LogP contribution in [0.2, 0.25) is 5.02 Å². The molecule has 1 saturated heterocycles. The second kappa shape index (κ2) is 11.7. The number of aliphatic imine (C=N–C) groups is 1. The van der Waals surface area contributed by atoms with Crippen LogP contribution < -0.4 is 5.32 Å². The Morgan fingerprint density at radius 2 is 2.00 bits per heavy atom. The smallest absolute Gasteiger partial charge is 0.193 e. The summed E-state index contributed by atoms with van der Waals surface area (Å²) in [6.07, 6.45) is 3.64. The molecule has 1 aromatic carbocycles. The van der Waals surface area contributed by atoms with Crippen LogP contribution in [-0.4, -0.2) is 68.7 Å². The summed E-state index contributed by atoms with van der Waals surface area (Å²) in [7, 11) is 1.84. The van der Waals surface area contributed by atoms with E-state index in [9.17, 15) is 4.39 Å². The first kappa shape index (κ1) is 24.6. The average molecular weight is 539 g/mol. The van der Waals surface area contributed by atoms with E-state index in [4.69, 9.17) is 16.3 Å². The van der Waals surface area contributed by atoms with Gasteiger partial charge in [-0.15, -0.1) is 24.0 Å². The molecule has 29 heavy (non-hydrogen) atoms. The highest BCUT2D eigenvalue weighted by molar-refractivity contribution is 14.0. The molecule has 1 N–H and O–H groups in total. The van der Waals surface area contributed by atoms with Gasteiger partial charge in [0, 0.05) is 70.1 Å². The first-order valence-electron chi connectivity index (χ1n) is 10.3. The number of ether oxygens (including phenoxy) is 1. The van der Waals surface area contributed by atoms with E-state index in [1.165, 1.54) is 18.9 Å². The highest BCUT2D eigenvalue weighted by atomic mass is 127. The summed E-state index contributed by atoms with van der Waals surface area (Å²) in [5.74, 6) is 0.737. The van der Waals surface area contributed by atoms with Gasteiger partial charge in [0.25, 0.3) is 0 Å². The van der Waals surface area contributed by atoms with Crippen molar-refractivity contribution in [3.05, 3.63) is 34.6 Å². The summed E-state index contributed by atoms with van der Waals surface area (Å²) in [6.45, 7) is 8.64. The van der Waals surface area contributed by atoms with E-state index >= 15 is 0 Å². The number of hydrogen-bond donors (Lipinski definition) is 1. The Labute approximate surface area is 196 Å². The van der Waals surface area contributed by atoms with Gasteiger partial charge in [-0.2, -0.15) is 0 Å². The number of piperazine rings is 1. The molecule has 0 bridgehead atoms. The zero-order valence-electron chi connectivity index (χ0n) is 17.4. The summed E-state index contributed by atoms with van der Waals surface area (Å²) in [5, 5.41) is 4.07. The quantitative estimate of drug-likeness (QED) is 0.235. The fourth-order valence-electron chi connectivity index (χ4n) is 3.75. The number of benzene rings is 1. The van der Waals surface area contributed by atoms with Gasteiger partial charge in [-0.3, -0.25) is 9.89 Å². The second-order valence-corrected chi connectivity index (χ2v) is 8.22. The first-order valence-corrected chi connectivity index (χ1v) is 10.6. The second-order valence-electron chi connectivity index (χ2n) is 7.81. The Balaban J connectivity index is 0.00000300. The van der Waals surface area contributed by atoms with Crippen LogP contribution in [0.1, 0.15) is 31.7 Å². The minimum atomic E-state index is -0.228. The highest BCUT2D eigenvalue weighted by Gasteiger charge is 2.42. The van der Waals surface area contributed by atoms with Crippen molar-refractivity contribution < 1.29 is 9.13 Å². The van der Waals surface area contributed by atoms with E-state index < -0.39 is 0 Å². The third-order valence-corrected chi connectivity index (χ3v) is 6.24. The molecule has 5 nitrogen and oxygen atoms in total. The van der Waals surface area contributed by atoms with E-state index in [0.717, 1.165) is 58.3 Å². The van der Waals surface area contributed by atoms with Crippen molar-refractivity contribution >= 4 is 41.5 Å². The third kappa shape index (κ3) is 6.94. The molecule has 1 aliphatic heterocycles. The molecule has 0 unspecified atom stereocenters. The standard InChI is InChI=1S/C21H32ClFN4O.HI/c1-3-28-14-9-21(7-8-21)16-25-20(24-2)27-12-10-26(11-13-27)15-17-18(22)5-4-6-19(17)23;/h4-6H,3,7-16H2,1-2H3,(H,24,25);1H. The lowest BCUT2D eigenvalue weighted by atomic mass is 10.0. The van der Waals surface area contributed by atoms with Gasteiger partial charge in [0.05, 0.1) is 0 Å². The molecule has 3 rings (SSSR count). The first-order chi connectivity index (χ1) is 13.6. The van der Waals surface area contributed by atoms with Gasteiger partial charge in [0.15, 0.2) is 5.96 Å². The predicted molar refractivity (Wildman–Crippen MR) is 128 cm³/mol. The number of nitrogens with zero attached hydrogens (tertiary/aromatic N) is 3. The maximum Gasteiger partial charge on any atom is 0.193 e. The van der Waals surface area contributed by atoms with E-state index in [-0.39, 0.29) is 29.8 Å². The number of nitrogens with one attached hydrogen (secondary N) is 1. The Kier molecular flexibility index (Phi) is 9.91. The lowest BCUT2D eigenvalue weighted by Gasteiger charge is -2.37. The zero-order valence-corrected chi connectivity index (χ0v) is 20.5. The molecule has 0 spiro atoms. The van der Waals surface area contributed by atoms with Crippen molar-refractivity contribution in [2.24, 2.45) is 10.4 Å². The molecule has 1 heterocycles. The van der Waals surface area contributed by atoms with Crippen molar-refractivity contribution in [3.8, 4) is 0 Å². The van der Waals surface area contributed by atoms with Gasteiger partial charge >= 0.3 is 0 Å². The molecule has 164 valence electrons.